The van der Waals surface area contributed by atoms with Gasteiger partial charge in [-0.1, -0.05) is 26.8 Å². The van der Waals surface area contributed by atoms with Gasteiger partial charge in [0, 0.05) is 12.1 Å². The van der Waals surface area contributed by atoms with Gasteiger partial charge in [0.2, 0.25) is 0 Å². The Hall–Kier alpha value is -1.22. The fourth-order valence-corrected chi connectivity index (χ4v) is 2.92. The summed E-state index contributed by atoms with van der Waals surface area (Å²) < 4.78 is 11.4. The number of benzene rings is 1. The molecule has 0 spiro atoms. The average molecular weight is 277 g/mol. The van der Waals surface area contributed by atoms with Crippen molar-refractivity contribution in [3.8, 4) is 11.5 Å². The predicted molar refractivity (Wildman–Crippen MR) is 82.2 cm³/mol. The fraction of sp³-hybridized carbons (Fsp3) is 0.647. The molecular weight excluding hydrogens is 250 g/mol. The maximum atomic E-state index is 6.25. The lowest BCUT2D eigenvalue weighted by Crippen LogP contribution is -2.46. The first-order valence-corrected chi connectivity index (χ1v) is 7.46. The summed E-state index contributed by atoms with van der Waals surface area (Å²) in [4.78, 5) is 0. The first-order chi connectivity index (χ1) is 9.40. The Bertz CT molecular complexity index is 439. The van der Waals surface area contributed by atoms with Gasteiger partial charge >= 0.3 is 0 Å². The molecule has 0 amide bonds. The lowest BCUT2D eigenvalue weighted by molar-refractivity contribution is 0.0590. The Labute approximate surface area is 122 Å². The first-order valence-electron chi connectivity index (χ1n) is 7.46. The normalized spacial score (nSPS) is 27.1. The van der Waals surface area contributed by atoms with E-state index in [1.54, 1.807) is 7.11 Å². The van der Waals surface area contributed by atoms with E-state index in [0.717, 1.165) is 24.3 Å². The summed E-state index contributed by atoms with van der Waals surface area (Å²) in [5.41, 5.74) is 6.56. The van der Waals surface area contributed by atoms with Crippen LogP contribution >= 0.6 is 0 Å². The van der Waals surface area contributed by atoms with Crippen LogP contribution in [0.1, 0.15) is 40.0 Å². The number of ether oxygens (including phenoxy) is 2. The lowest BCUT2D eigenvalue weighted by Gasteiger charge is -2.40. The van der Waals surface area contributed by atoms with Crippen LogP contribution in [-0.2, 0) is 0 Å². The Kier molecular flexibility index (Phi) is 4.59. The number of rotatable bonds is 3. The van der Waals surface area contributed by atoms with Crippen LogP contribution in [0.5, 0.6) is 11.5 Å². The van der Waals surface area contributed by atoms with Crippen molar-refractivity contribution in [3.63, 3.8) is 0 Å². The summed E-state index contributed by atoms with van der Waals surface area (Å²) in [6, 6.07) is 7.89. The van der Waals surface area contributed by atoms with Crippen LogP contribution in [0.2, 0.25) is 0 Å². The predicted octanol–water partition coefficient (Wildman–Crippen LogP) is 3.62. The maximum Gasteiger partial charge on any atom is 0.123 e. The second-order valence-electron chi connectivity index (χ2n) is 6.88. The zero-order valence-electron chi connectivity index (χ0n) is 13.1. The summed E-state index contributed by atoms with van der Waals surface area (Å²) in [6.45, 7) is 6.91. The summed E-state index contributed by atoms with van der Waals surface area (Å²) in [5, 5.41) is 0. The van der Waals surface area contributed by atoms with Crippen molar-refractivity contribution in [2.75, 3.05) is 7.11 Å². The van der Waals surface area contributed by atoms with E-state index in [1.807, 2.05) is 24.3 Å². The van der Waals surface area contributed by atoms with E-state index < -0.39 is 0 Å². The van der Waals surface area contributed by atoms with Crippen molar-refractivity contribution < 1.29 is 9.47 Å². The number of methoxy groups -OCH3 is 1. The van der Waals surface area contributed by atoms with Crippen molar-refractivity contribution in [2.24, 2.45) is 17.1 Å². The van der Waals surface area contributed by atoms with Crippen LogP contribution in [-0.4, -0.2) is 19.3 Å². The Morgan fingerprint density at radius 1 is 1.15 bits per heavy atom. The molecule has 1 aliphatic rings. The first kappa shape index (κ1) is 15.2. The number of nitrogens with two attached hydrogens (primary N) is 1. The van der Waals surface area contributed by atoms with Crippen LogP contribution in [0.4, 0.5) is 0 Å². The van der Waals surface area contributed by atoms with Crippen molar-refractivity contribution in [1.29, 1.82) is 0 Å². The van der Waals surface area contributed by atoms with Gasteiger partial charge in [0.25, 0.3) is 0 Å². The molecule has 0 heterocycles. The highest BCUT2D eigenvalue weighted by Gasteiger charge is 2.35. The third-order valence-corrected chi connectivity index (χ3v) is 4.40. The van der Waals surface area contributed by atoms with Gasteiger partial charge in [-0.2, -0.15) is 0 Å². The molecule has 2 rings (SSSR count). The zero-order chi connectivity index (χ0) is 14.8. The van der Waals surface area contributed by atoms with E-state index in [4.69, 9.17) is 15.2 Å². The van der Waals surface area contributed by atoms with E-state index in [1.165, 1.54) is 6.42 Å². The molecule has 3 atom stereocenters. The molecule has 20 heavy (non-hydrogen) atoms. The molecular formula is C17H27NO2. The third-order valence-electron chi connectivity index (χ3n) is 4.40. The molecule has 1 aromatic rings. The molecule has 1 aromatic carbocycles. The van der Waals surface area contributed by atoms with E-state index in [2.05, 4.69) is 20.8 Å². The van der Waals surface area contributed by atoms with Gasteiger partial charge in [-0.3, -0.25) is 0 Å². The van der Waals surface area contributed by atoms with Crippen LogP contribution in [0.15, 0.2) is 24.3 Å². The van der Waals surface area contributed by atoms with Crippen LogP contribution < -0.4 is 15.2 Å². The summed E-state index contributed by atoms with van der Waals surface area (Å²) in [6.07, 6.45) is 3.36. The van der Waals surface area contributed by atoms with Gasteiger partial charge in [0.1, 0.15) is 17.6 Å². The molecule has 0 aliphatic heterocycles. The molecule has 1 saturated carbocycles. The van der Waals surface area contributed by atoms with Gasteiger partial charge in [-0.25, -0.2) is 0 Å². The van der Waals surface area contributed by atoms with Crippen LogP contribution in [0.25, 0.3) is 0 Å². The Balaban J connectivity index is 2.06. The van der Waals surface area contributed by atoms with E-state index >= 15 is 0 Å². The van der Waals surface area contributed by atoms with E-state index in [-0.39, 0.29) is 12.1 Å². The smallest absolute Gasteiger partial charge is 0.123 e. The summed E-state index contributed by atoms with van der Waals surface area (Å²) >= 11 is 0. The molecule has 2 N–H and O–H groups in total. The molecule has 3 unspecified atom stereocenters. The monoisotopic (exact) mass is 277 g/mol. The maximum absolute atomic E-state index is 6.25. The highest BCUT2D eigenvalue weighted by molar-refractivity contribution is 5.33. The zero-order valence-corrected chi connectivity index (χ0v) is 13.1. The quantitative estimate of drug-likeness (QED) is 0.917. The fourth-order valence-electron chi connectivity index (χ4n) is 2.92. The minimum absolute atomic E-state index is 0.0973. The van der Waals surface area contributed by atoms with Gasteiger partial charge in [-0.15, -0.1) is 0 Å². The molecule has 112 valence electrons. The number of hydrogen-bond donors (Lipinski definition) is 1. The largest absolute Gasteiger partial charge is 0.497 e. The van der Waals surface area contributed by atoms with E-state index in [0.29, 0.717) is 11.3 Å². The van der Waals surface area contributed by atoms with Gasteiger partial charge in [0.15, 0.2) is 0 Å². The number of hydrogen-bond acceptors (Lipinski definition) is 3. The highest BCUT2D eigenvalue weighted by atomic mass is 16.5. The minimum Gasteiger partial charge on any atom is -0.497 e. The van der Waals surface area contributed by atoms with Crippen LogP contribution in [0, 0.1) is 11.3 Å². The lowest BCUT2D eigenvalue weighted by atomic mass is 9.70. The molecule has 1 fully saturated rings. The summed E-state index contributed by atoms with van der Waals surface area (Å²) in [5.74, 6) is 2.33. The van der Waals surface area contributed by atoms with Gasteiger partial charge < -0.3 is 15.2 Å². The molecule has 0 saturated heterocycles. The van der Waals surface area contributed by atoms with Crippen molar-refractivity contribution in [2.45, 2.75) is 52.2 Å². The molecule has 3 heteroatoms. The Morgan fingerprint density at radius 2 is 1.85 bits per heavy atom. The second kappa shape index (κ2) is 6.04. The standard InChI is InChI=1S/C17H27NO2/c1-17(2,3)12-8-9-15(18)16(10-12)20-14-7-5-6-13(11-14)19-4/h5-7,11-12,15-16H,8-10,18H2,1-4H3. The molecule has 0 radical (unpaired) electrons. The second-order valence-corrected chi connectivity index (χ2v) is 6.88. The van der Waals surface area contributed by atoms with Crippen molar-refractivity contribution in [3.05, 3.63) is 24.3 Å². The van der Waals surface area contributed by atoms with Crippen LogP contribution in [0.3, 0.4) is 0 Å². The molecule has 0 aromatic heterocycles. The third kappa shape index (κ3) is 3.66. The SMILES string of the molecule is COc1cccc(OC2CC(C(C)(C)C)CCC2N)c1. The van der Waals surface area contributed by atoms with Crippen molar-refractivity contribution in [1.82, 2.24) is 0 Å². The highest BCUT2D eigenvalue weighted by Crippen LogP contribution is 2.38. The topological polar surface area (TPSA) is 44.5 Å². The van der Waals surface area contributed by atoms with E-state index in [9.17, 15) is 0 Å². The molecule has 3 nitrogen and oxygen atoms in total. The molecule has 1 aliphatic carbocycles. The van der Waals surface area contributed by atoms with Gasteiger partial charge in [0.05, 0.1) is 7.11 Å². The summed E-state index contributed by atoms with van der Waals surface area (Å²) in [7, 11) is 1.67. The Morgan fingerprint density at radius 3 is 2.50 bits per heavy atom. The minimum atomic E-state index is 0.0973. The average Bonchev–Trinajstić information content (AvgIpc) is 2.40. The molecule has 0 bridgehead atoms. The van der Waals surface area contributed by atoms with Crippen molar-refractivity contribution >= 4 is 0 Å². The van der Waals surface area contributed by atoms with Gasteiger partial charge in [-0.05, 0) is 42.7 Å².